The highest BCUT2D eigenvalue weighted by molar-refractivity contribution is 5.69. The van der Waals surface area contributed by atoms with Crippen LogP contribution in [-0.4, -0.2) is 25.2 Å². The Morgan fingerprint density at radius 3 is 1.57 bits per heavy atom. The first-order valence-corrected chi connectivity index (χ1v) is 4.66. The minimum atomic E-state index is -0.236. The van der Waals surface area contributed by atoms with Crippen molar-refractivity contribution < 1.29 is 19.1 Å². The lowest BCUT2D eigenvalue weighted by atomic mass is 10.5. The van der Waals surface area contributed by atoms with Crippen molar-refractivity contribution in [3.05, 3.63) is 12.2 Å². The Bertz CT molecular complexity index is 186. The molecule has 0 aliphatic heterocycles. The zero-order valence-electron chi connectivity index (χ0n) is 8.62. The number of carbonyl (C=O) groups excluding carboxylic acids is 2. The van der Waals surface area contributed by atoms with Gasteiger partial charge in [-0.1, -0.05) is 13.8 Å². The fourth-order valence-corrected chi connectivity index (χ4v) is 0.622. The van der Waals surface area contributed by atoms with Gasteiger partial charge in [0.1, 0.15) is 13.2 Å². The summed E-state index contributed by atoms with van der Waals surface area (Å²) >= 11 is 0. The van der Waals surface area contributed by atoms with E-state index in [1.165, 1.54) is 0 Å². The maximum absolute atomic E-state index is 10.7. The summed E-state index contributed by atoms with van der Waals surface area (Å²) in [6, 6.07) is 0. The maximum atomic E-state index is 10.7. The van der Waals surface area contributed by atoms with Gasteiger partial charge in [0.15, 0.2) is 0 Å². The minimum Gasteiger partial charge on any atom is -0.461 e. The van der Waals surface area contributed by atoms with E-state index in [9.17, 15) is 9.59 Å². The van der Waals surface area contributed by atoms with Crippen LogP contribution in [0.25, 0.3) is 0 Å². The van der Waals surface area contributed by atoms with Crippen LogP contribution in [0, 0.1) is 0 Å². The molecule has 0 bridgehead atoms. The number of esters is 2. The van der Waals surface area contributed by atoms with Crippen molar-refractivity contribution in [2.45, 2.75) is 26.7 Å². The second kappa shape index (κ2) is 8.29. The van der Waals surface area contributed by atoms with E-state index in [0.717, 1.165) is 0 Å². The predicted molar refractivity (Wildman–Crippen MR) is 51.6 cm³/mol. The molecule has 0 rings (SSSR count). The first-order valence-electron chi connectivity index (χ1n) is 4.66. The third kappa shape index (κ3) is 7.34. The van der Waals surface area contributed by atoms with Gasteiger partial charge < -0.3 is 9.47 Å². The molecule has 0 spiro atoms. The number of hydrogen-bond donors (Lipinski definition) is 0. The number of rotatable bonds is 6. The lowest BCUT2D eigenvalue weighted by molar-refractivity contribution is -0.143. The zero-order valence-corrected chi connectivity index (χ0v) is 8.62. The van der Waals surface area contributed by atoms with Crippen molar-refractivity contribution in [2.75, 3.05) is 13.2 Å². The van der Waals surface area contributed by atoms with Crippen LogP contribution in [0.4, 0.5) is 0 Å². The van der Waals surface area contributed by atoms with Gasteiger partial charge in [-0.2, -0.15) is 0 Å². The molecule has 0 saturated heterocycles. The van der Waals surface area contributed by atoms with Crippen molar-refractivity contribution in [1.29, 1.82) is 0 Å². The van der Waals surface area contributed by atoms with Gasteiger partial charge in [-0.15, -0.1) is 0 Å². The van der Waals surface area contributed by atoms with Crippen LogP contribution < -0.4 is 0 Å². The van der Waals surface area contributed by atoms with Crippen molar-refractivity contribution in [2.24, 2.45) is 0 Å². The molecule has 14 heavy (non-hydrogen) atoms. The Hall–Kier alpha value is -1.32. The normalized spacial score (nSPS) is 10.1. The molecule has 0 aromatic rings. The monoisotopic (exact) mass is 200 g/mol. The lowest BCUT2D eigenvalue weighted by Gasteiger charge is -1.99. The molecule has 0 heterocycles. The summed E-state index contributed by atoms with van der Waals surface area (Å²) in [5.74, 6) is -0.472. The molecule has 0 aromatic heterocycles. The van der Waals surface area contributed by atoms with Gasteiger partial charge in [0.05, 0.1) is 0 Å². The van der Waals surface area contributed by atoms with E-state index in [1.54, 1.807) is 26.0 Å². The summed E-state index contributed by atoms with van der Waals surface area (Å²) in [6.45, 7) is 3.93. The van der Waals surface area contributed by atoms with E-state index in [1.807, 2.05) is 0 Å². The maximum Gasteiger partial charge on any atom is 0.305 e. The standard InChI is InChI=1S/C10H16O4/c1-3-9(11)13-7-5-6-8-14-10(12)4-2/h5-6H,3-4,7-8H2,1-2H3/b6-5+. The van der Waals surface area contributed by atoms with Crippen LogP contribution >= 0.6 is 0 Å². The van der Waals surface area contributed by atoms with Crippen LogP contribution in [0.5, 0.6) is 0 Å². The summed E-state index contributed by atoms with van der Waals surface area (Å²) in [5.41, 5.74) is 0. The van der Waals surface area contributed by atoms with Crippen LogP contribution in [0.2, 0.25) is 0 Å². The summed E-state index contributed by atoms with van der Waals surface area (Å²) in [5, 5.41) is 0. The van der Waals surface area contributed by atoms with E-state index in [-0.39, 0.29) is 25.2 Å². The largest absolute Gasteiger partial charge is 0.461 e. The molecule has 0 aliphatic rings. The number of carbonyl (C=O) groups is 2. The van der Waals surface area contributed by atoms with Gasteiger partial charge in [-0.05, 0) is 12.2 Å². The highest BCUT2D eigenvalue weighted by Gasteiger charge is 1.95. The van der Waals surface area contributed by atoms with E-state index < -0.39 is 0 Å². The van der Waals surface area contributed by atoms with Gasteiger partial charge >= 0.3 is 11.9 Å². The first-order chi connectivity index (χ1) is 6.70. The van der Waals surface area contributed by atoms with Crippen LogP contribution in [0.1, 0.15) is 26.7 Å². The van der Waals surface area contributed by atoms with Crippen LogP contribution in [0.3, 0.4) is 0 Å². The topological polar surface area (TPSA) is 52.6 Å². The molecular weight excluding hydrogens is 184 g/mol. The van der Waals surface area contributed by atoms with Gasteiger partial charge in [-0.3, -0.25) is 9.59 Å². The highest BCUT2D eigenvalue weighted by atomic mass is 16.5. The second-order valence-corrected chi connectivity index (χ2v) is 2.54. The summed E-state index contributed by atoms with van der Waals surface area (Å²) in [6.07, 6.45) is 4.05. The molecule has 80 valence electrons. The van der Waals surface area contributed by atoms with Crippen molar-refractivity contribution in [3.8, 4) is 0 Å². The molecule has 0 saturated carbocycles. The van der Waals surface area contributed by atoms with Crippen molar-refractivity contribution in [3.63, 3.8) is 0 Å². The first kappa shape index (κ1) is 12.7. The molecule has 4 nitrogen and oxygen atoms in total. The Kier molecular flexibility index (Phi) is 7.50. The molecule has 0 N–H and O–H groups in total. The molecular formula is C10H16O4. The number of hydrogen-bond acceptors (Lipinski definition) is 4. The zero-order chi connectivity index (χ0) is 10.8. The molecule has 0 amide bonds. The van der Waals surface area contributed by atoms with Gasteiger partial charge in [0.2, 0.25) is 0 Å². The Morgan fingerprint density at radius 1 is 0.929 bits per heavy atom. The van der Waals surface area contributed by atoms with E-state index in [2.05, 4.69) is 0 Å². The third-order valence-corrected chi connectivity index (χ3v) is 1.43. The van der Waals surface area contributed by atoms with Gasteiger partial charge in [-0.25, -0.2) is 0 Å². The Morgan fingerprint density at radius 2 is 1.29 bits per heavy atom. The summed E-state index contributed by atoms with van der Waals surface area (Å²) in [7, 11) is 0. The lowest BCUT2D eigenvalue weighted by Crippen LogP contribution is -2.03. The van der Waals surface area contributed by atoms with Gasteiger partial charge in [0.25, 0.3) is 0 Å². The van der Waals surface area contributed by atoms with Crippen molar-refractivity contribution >= 4 is 11.9 Å². The fourth-order valence-electron chi connectivity index (χ4n) is 0.622. The Balaban J connectivity index is 3.36. The molecule has 0 aliphatic carbocycles. The second-order valence-electron chi connectivity index (χ2n) is 2.54. The van der Waals surface area contributed by atoms with E-state index in [0.29, 0.717) is 12.8 Å². The molecule has 0 unspecified atom stereocenters. The molecule has 0 atom stereocenters. The Labute approximate surface area is 83.9 Å². The average Bonchev–Trinajstić information content (AvgIpc) is 2.22. The molecule has 0 fully saturated rings. The predicted octanol–water partition coefficient (Wildman–Crippen LogP) is 1.45. The van der Waals surface area contributed by atoms with Crippen LogP contribution in [0.15, 0.2) is 12.2 Å². The van der Waals surface area contributed by atoms with E-state index in [4.69, 9.17) is 9.47 Å². The van der Waals surface area contributed by atoms with E-state index >= 15 is 0 Å². The van der Waals surface area contributed by atoms with Crippen LogP contribution in [-0.2, 0) is 19.1 Å². The minimum absolute atomic E-state index is 0.232. The average molecular weight is 200 g/mol. The third-order valence-electron chi connectivity index (χ3n) is 1.43. The fraction of sp³-hybridized carbons (Fsp3) is 0.600. The van der Waals surface area contributed by atoms with Crippen molar-refractivity contribution in [1.82, 2.24) is 0 Å². The van der Waals surface area contributed by atoms with Gasteiger partial charge in [0, 0.05) is 12.8 Å². The SMILES string of the molecule is CCC(=O)OC/C=C/COC(=O)CC. The molecule has 4 heteroatoms. The molecule has 0 aromatic carbocycles. The summed E-state index contributed by atoms with van der Waals surface area (Å²) in [4.78, 5) is 21.3. The molecule has 0 radical (unpaired) electrons. The smallest absolute Gasteiger partial charge is 0.305 e. The quantitative estimate of drug-likeness (QED) is 0.481. The highest BCUT2D eigenvalue weighted by Crippen LogP contribution is 1.87. The number of ether oxygens (including phenoxy) is 2. The summed E-state index contributed by atoms with van der Waals surface area (Å²) < 4.78 is 9.52.